The number of hydrogen-bond donors (Lipinski definition) is 3. The second kappa shape index (κ2) is 9.75. The smallest absolute Gasteiger partial charge is 0.303 e. The minimum atomic E-state index is -0.765. The zero-order chi connectivity index (χ0) is 14.7. The summed E-state index contributed by atoms with van der Waals surface area (Å²) in [5, 5.41) is 14.4. The van der Waals surface area contributed by atoms with E-state index in [9.17, 15) is 9.59 Å². The fourth-order valence-electron chi connectivity index (χ4n) is 1.55. The van der Waals surface area contributed by atoms with Crippen molar-refractivity contribution in [2.24, 2.45) is 5.41 Å². The van der Waals surface area contributed by atoms with E-state index in [-0.39, 0.29) is 24.3 Å². The number of ether oxygens (including phenoxy) is 1. The number of amides is 1. The second-order valence-corrected chi connectivity index (χ2v) is 5.33. The zero-order valence-corrected chi connectivity index (χ0v) is 12.1. The zero-order valence-electron chi connectivity index (χ0n) is 12.1. The Morgan fingerprint density at radius 2 is 1.89 bits per heavy atom. The van der Waals surface area contributed by atoms with Crippen LogP contribution in [0.1, 0.15) is 33.1 Å². The molecular formula is C13H26N2O4. The van der Waals surface area contributed by atoms with Crippen molar-refractivity contribution >= 4 is 11.9 Å². The quantitative estimate of drug-likeness (QED) is 0.481. The van der Waals surface area contributed by atoms with E-state index in [1.165, 1.54) is 0 Å². The van der Waals surface area contributed by atoms with Gasteiger partial charge in [-0.25, -0.2) is 0 Å². The number of hydrogen-bond acceptors (Lipinski definition) is 4. The molecule has 0 aromatic carbocycles. The lowest BCUT2D eigenvalue weighted by atomic mass is 9.84. The van der Waals surface area contributed by atoms with E-state index in [1.54, 1.807) is 7.11 Å². The number of carboxylic acid groups (broad SMARTS) is 1. The lowest BCUT2D eigenvalue weighted by Crippen LogP contribution is -2.36. The van der Waals surface area contributed by atoms with Gasteiger partial charge in [0.05, 0.1) is 13.2 Å². The molecule has 0 aliphatic rings. The van der Waals surface area contributed by atoms with Crippen LogP contribution in [0.25, 0.3) is 0 Å². The molecule has 0 radical (unpaired) electrons. The summed E-state index contributed by atoms with van der Waals surface area (Å²) in [6.07, 6.45) is 1.67. The summed E-state index contributed by atoms with van der Waals surface area (Å²) in [6, 6.07) is 0. The van der Waals surface area contributed by atoms with Crippen LogP contribution < -0.4 is 10.6 Å². The molecule has 0 aromatic heterocycles. The number of carbonyl (C=O) groups excluding carboxylic acids is 1. The first kappa shape index (κ1) is 17.9. The van der Waals surface area contributed by atoms with E-state index in [0.717, 1.165) is 6.42 Å². The molecule has 3 N–H and O–H groups in total. The predicted molar refractivity (Wildman–Crippen MR) is 73.0 cm³/mol. The van der Waals surface area contributed by atoms with E-state index >= 15 is 0 Å². The largest absolute Gasteiger partial charge is 0.481 e. The van der Waals surface area contributed by atoms with Crippen molar-refractivity contribution in [3.05, 3.63) is 0 Å². The molecule has 1 amide bonds. The highest BCUT2D eigenvalue weighted by molar-refractivity contribution is 5.77. The van der Waals surface area contributed by atoms with Gasteiger partial charge in [-0.15, -0.1) is 0 Å². The normalized spacial score (nSPS) is 11.3. The highest BCUT2D eigenvalue weighted by atomic mass is 16.5. The molecule has 0 aromatic rings. The van der Waals surface area contributed by atoms with Gasteiger partial charge >= 0.3 is 5.97 Å². The summed E-state index contributed by atoms with van der Waals surface area (Å²) in [4.78, 5) is 21.9. The topological polar surface area (TPSA) is 87.7 Å². The minimum Gasteiger partial charge on any atom is -0.481 e. The van der Waals surface area contributed by atoms with Crippen LogP contribution in [0.2, 0.25) is 0 Å². The first-order valence-corrected chi connectivity index (χ1v) is 6.55. The molecule has 0 heterocycles. The summed E-state index contributed by atoms with van der Waals surface area (Å²) in [7, 11) is 1.59. The van der Waals surface area contributed by atoms with Gasteiger partial charge in [-0.05, 0) is 24.8 Å². The molecule has 6 nitrogen and oxygen atoms in total. The van der Waals surface area contributed by atoms with Gasteiger partial charge in [-0.2, -0.15) is 0 Å². The molecule has 0 saturated carbocycles. The molecule has 0 atom stereocenters. The van der Waals surface area contributed by atoms with Crippen molar-refractivity contribution in [1.82, 2.24) is 10.6 Å². The molecule has 19 heavy (non-hydrogen) atoms. The van der Waals surface area contributed by atoms with Crippen LogP contribution in [0.5, 0.6) is 0 Å². The number of nitrogens with one attached hydrogen (secondary N) is 2. The Kier molecular flexibility index (Phi) is 9.16. The molecule has 0 spiro atoms. The number of rotatable bonds is 11. The average Bonchev–Trinajstić information content (AvgIpc) is 2.33. The third-order valence-corrected chi connectivity index (χ3v) is 2.91. The summed E-state index contributed by atoms with van der Waals surface area (Å²) in [6.45, 7) is 6.07. The predicted octanol–water partition coefficient (Wildman–Crippen LogP) is 0.620. The molecule has 112 valence electrons. The van der Waals surface area contributed by atoms with Crippen molar-refractivity contribution in [2.75, 3.05) is 33.4 Å². The van der Waals surface area contributed by atoms with Crippen molar-refractivity contribution in [2.45, 2.75) is 33.1 Å². The van der Waals surface area contributed by atoms with Gasteiger partial charge in [0.25, 0.3) is 0 Å². The number of methoxy groups -OCH3 is 1. The standard InChI is InChI=1S/C13H26N2O4/c1-13(2,5-4-12(17)18)6-7-14-10-11(16)15-8-9-19-3/h14H,4-10H2,1-3H3,(H,15,16)(H,17,18). The number of carboxylic acids is 1. The van der Waals surface area contributed by atoms with Crippen LogP contribution in [-0.2, 0) is 14.3 Å². The van der Waals surface area contributed by atoms with Gasteiger partial charge in [0.15, 0.2) is 0 Å². The maximum Gasteiger partial charge on any atom is 0.303 e. The van der Waals surface area contributed by atoms with Crippen molar-refractivity contribution in [3.63, 3.8) is 0 Å². The van der Waals surface area contributed by atoms with E-state index in [0.29, 0.717) is 26.1 Å². The maximum absolute atomic E-state index is 11.4. The average molecular weight is 274 g/mol. The molecule has 0 bridgehead atoms. The van der Waals surface area contributed by atoms with Crippen molar-refractivity contribution in [3.8, 4) is 0 Å². The molecule has 6 heteroatoms. The van der Waals surface area contributed by atoms with Gasteiger partial charge in [-0.3, -0.25) is 9.59 Å². The van der Waals surface area contributed by atoms with Crippen LogP contribution in [0.3, 0.4) is 0 Å². The second-order valence-electron chi connectivity index (χ2n) is 5.33. The summed E-state index contributed by atoms with van der Waals surface area (Å²) in [5.74, 6) is -0.820. The molecule has 0 unspecified atom stereocenters. The monoisotopic (exact) mass is 274 g/mol. The minimum absolute atomic E-state index is 0.0298. The summed E-state index contributed by atoms with van der Waals surface area (Å²) >= 11 is 0. The van der Waals surface area contributed by atoms with Gasteiger partial charge in [0.1, 0.15) is 0 Å². The van der Waals surface area contributed by atoms with E-state index < -0.39 is 5.97 Å². The molecule has 0 fully saturated rings. The lowest BCUT2D eigenvalue weighted by Gasteiger charge is -2.23. The lowest BCUT2D eigenvalue weighted by molar-refractivity contribution is -0.137. The Morgan fingerprint density at radius 1 is 1.21 bits per heavy atom. The SMILES string of the molecule is COCCNC(=O)CNCCC(C)(C)CCC(=O)O. The fraction of sp³-hybridized carbons (Fsp3) is 0.846. The summed E-state index contributed by atoms with van der Waals surface area (Å²) < 4.78 is 4.83. The highest BCUT2D eigenvalue weighted by Crippen LogP contribution is 2.25. The van der Waals surface area contributed by atoms with Gasteiger partial charge in [-0.1, -0.05) is 13.8 Å². The molecule has 0 aliphatic carbocycles. The highest BCUT2D eigenvalue weighted by Gasteiger charge is 2.18. The Labute approximate surface area is 114 Å². The fourth-order valence-corrected chi connectivity index (χ4v) is 1.55. The maximum atomic E-state index is 11.4. The number of carbonyl (C=O) groups is 2. The number of aliphatic carboxylic acids is 1. The Balaban J connectivity index is 3.61. The molecular weight excluding hydrogens is 248 g/mol. The third kappa shape index (κ3) is 11.7. The van der Waals surface area contributed by atoms with Crippen molar-refractivity contribution in [1.29, 1.82) is 0 Å². The van der Waals surface area contributed by atoms with Crippen LogP contribution in [0.4, 0.5) is 0 Å². The first-order chi connectivity index (χ1) is 8.87. The van der Waals surface area contributed by atoms with Crippen LogP contribution in [0.15, 0.2) is 0 Å². The van der Waals surface area contributed by atoms with Gasteiger partial charge in [0, 0.05) is 20.1 Å². The first-order valence-electron chi connectivity index (χ1n) is 6.55. The van der Waals surface area contributed by atoms with E-state index in [4.69, 9.17) is 9.84 Å². The van der Waals surface area contributed by atoms with Gasteiger partial charge < -0.3 is 20.5 Å². The summed E-state index contributed by atoms with van der Waals surface area (Å²) in [5.41, 5.74) is -0.0298. The van der Waals surface area contributed by atoms with Crippen LogP contribution in [-0.4, -0.2) is 50.3 Å². The van der Waals surface area contributed by atoms with Crippen molar-refractivity contribution < 1.29 is 19.4 Å². The van der Waals surface area contributed by atoms with Gasteiger partial charge in [0.2, 0.25) is 5.91 Å². The molecule has 0 aliphatic heterocycles. The Bertz CT molecular complexity index is 280. The molecule has 0 saturated heterocycles. The molecule has 0 rings (SSSR count). The van der Waals surface area contributed by atoms with Crippen LogP contribution in [0, 0.1) is 5.41 Å². The Morgan fingerprint density at radius 3 is 2.47 bits per heavy atom. The van der Waals surface area contributed by atoms with E-state index in [1.807, 2.05) is 13.8 Å². The third-order valence-electron chi connectivity index (χ3n) is 2.91. The Hall–Kier alpha value is -1.14. The van der Waals surface area contributed by atoms with Crippen LogP contribution >= 0.6 is 0 Å². The van der Waals surface area contributed by atoms with E-state index in [2.05, 4.69) is 10.6 Å².